The first-order valence-electron chi connectivity index (χ1n) is 8.09. The fraction of sp³-hybridized carbons (Fsp3) is 0.150. The molecule has 3 aromatic rings. The second-order valence-corrected chi connectivity index (χ2v) is 5.62. The summed E-state index contributed by atoms with van der Waals surface area (Å²) in [4.78, 5) is 24.4. The summed E-state index contributed by atoms with van der Waals surface area (Å²) < 4.78 is 15.8. The van der Waals surface area contributed by atoms with Crippen LogP contribution in [-0.2, 0) is 20.9 Å². The Balaban J connectivity index is 1.71. The van der Waals surface area contributed by atoms with Crippen LogP contribution >= 0.6 is 0 Å². The number of methoxy groups -OCH3 is 1. The molecule has 27 heavy (non-hydrogen) atoms. The highest BCUT2D eigenvalue weighted by Gasteiger charge is 2.22. The van der Waals surface area contributed by atoms with Gasteiger partial charge < -0.3 is 19.2 Å². The first-order chi connectivity index (χ1) is 13.1. The van der Waals surface area contributed by atoms with E-state index in [0.29, 0.717) is 22.4 Å². The van der Waals surface area contributed by atoms with Gasteiger partial charge in [-0.05, 0) is 18.2 Å². The molecule has 1 N–H and O–H groups in total. The summed E-state index contributed by atoms with van der Waals surface area (Å²) in [5.74, 6) is -1.32. The number of nitriles is 1. The highest BCUT2D eigenvalue weighted by atomic mass is 16.5. The average Bonchev–Trinajstić information content (AvgIpc) is 3.06. The van der Waals surface area contributed by atoms with Crippen molar-refractivity contribution in [2.24, 2.45) is 0 Å². The Morgan fingerprint density at radius 1 is 1.15 bits per heavy atom. The number of furan rings is 1. The lowest BCUT2D eigenvalue weighted by molar-refractivity contribution is -0.119. The molecule has 0 atom stereocenters. The van der Waals surface area contributed by atoms with Crippen molar-refractivity contribution in [2.45, 2.75) is 6.61 Å². The number of rotatable bonds is 6. The Morgan fingerprint density at radius 2 is 1.89 bits per heavy atom. The molecule has 0 aliphatic carbocycles. The second kappa shape index (κ2) is 8.17. The number of benzene rings is 2. The zero-order valence-electron chi connectivity index (χ0n) is 14.5. The van der Waals surface area contributed by atoms with Gasteiger partial charge in [0.05, 0.1) is 17.9 Å². The normalized spacial score (nSPS) is 10.4. The number of hydrogen-bond acceptors (Lipinski definition) is 6. The zero-order valence-corrected chi connectivity index (χ0v) is 14.5. The molecule has 0 saturated carbocycles. The summed E-state index contributed by atoms with van der Waals surface area (Å²) in [6.45, 7) is -0.342. The van der Waals surface area contributed by atoms with Crippen LogP contribution in [0.5, 0.6) is 0 Å². The van der Waals surface area contributed by atoms with Crippen LogP contribution in [0.25, 0.3) is 11.0 Å². The van der Waals surface area contributed by atoms with Crippen molar-refractivity contribution in [1.82, 2.24) is 0 Å². The molecule has 0 aliphatic rings. The molecule has 7 heteroatoms. The van der Waals surface area contributed by atoms with Crippen LogP contribution in [0.4, 0.5) is 5.69 Å². The predicted molar refractivity (Wildman–Crippen MR) is 97.0 cm³/mol. The Bertz CT molecular complexity index is 1030. The maximum atomic E-state index is 12.4. The monoisotopic (exact) mass is 364 g/mol. The topological polar surface area (TPSA) is 102 Å². The summed E-state index contributed by atoms with van der Waals surface area (Å²) in [5.41, 5.74) is 1.76. The molecule has 3 rings (SSSR count). The Kier molecular flexibility index (Phi) is 5.50. The minimum Gasteiger partial charge on any atom is -0.450 e. The second-order valence-electron chi connectivity index (χ2n) is 5.62. The van der Waals surface area contributed by atoms with E-state index in [1.165, 1.54) is 7.11 Å². The number of amides is 1. The molecule has 0 unspecified atom stereocenters. The van der Waals surface area contributed by atoms with Gasteiger partial charge >= 0.3 is 5.97 Å². The highest BCUT2D eigenvalue weighted by molar-refractivity contribution is 5.98. The first kappa shape index (κ1) is 18.2. The average molecular weight is 364 g/mol. The molecule has 1 amide bonds. The molecule has 2 aromatic carbocycles. The smallest absolute Gasteiger partial charge is 0.375 e. The third kappa shape index (κ3) is 3.97. The van der Waals surface area contributed by atoms with Gasteiger partial charge in [-0.15, -0.1) is 0 Å². The molecule has 0 radical (unpaired) electrons. The van der Waals surface area contributed by atoms with Gasteiger partial charge in [-0.1, -0.05) is 30.3 Å². The van der Waals surface area contributed by atoms with Crippen LogP contribution in [0.1, 0.15) is 21.7 Å². The van der Waals surface area contributed by atoms with Gasteiger partial charge in [0, 0.05) is 18.1 Å². The van der Waals surface area contributed by atoms with Gasteiger partial charge in [-0.3, -0.25) is 4.79 Å². The predicted octanol–water partition coefficient (Wildman–Crippen LogP) is 3.25. The van der Waals surface area contributed by atoms with E-state index < -0.39 is 18.5 Å². The van der Waals surface area contributed by atoms with Gasteiger partial charge in [-0.2, -0.15) is 5.26 Å². The SMILES string of the molecule is COCc1c(C(=O)OCC(=O)Nc2ccccc2C#N)oc2ccccc12. The van der Waals surface area contributed by atoms with E-state index in [1.807, 2.05) is 18.2 Å². The molecule has 0 spiro atoms. The highest BCUT2D eigenvalue weighted by Crippen LogP contribution is 2.27. The van der Waals surface area contributed by atoms with Crippen LogP contribution in [-0.4, -0.2) is 25.6 Å². The number of nitrogens with one attached hydrogen (secondary N) is 1. The van der Waals surface area contributed by atoms with Gasteiger partial charge in [0.25, 0.3) is 5.91 Å². The molecular formula is C20H16N2O5. The van der Waals surface area contributed by atoms with Gasteiger partial charge in [0.2, 0.25) is 5.76 Å². The Hall–Kier alpha value is -3.63. The van der Waals surface area contributed by atoms with Crippen molar-refractivity contribution in [3.05, 3.63) is 65.4 Å². The maximum Gasteiger partial charge on any atom is 0.375 e. The van der Waals surface area contributed by atoms with Crippen LogP contribution in [0.3, 0.4) is 0 Å². The lowest BCUT2D eigenvalue weighted by atomic mass is 10.1. The summed E-state index contributed by atoms with van der Waals surface area (Å²) in [6, 6.07) is 15.7. The van der Waals surface area contributed by atoms with E-state index in [2.05, 4.69) is 5.32 Å². The third-order valence-corrected chi connectivity index (χ3v) is 3.83. The summed E-state index contributed by atoms with van der Waals surface area (Å²) >= 11 is 0. The van der Waals surface area contributed by atoms with Crippen molar-refractivity contribution in [2.75, 3.05) is 19.0 Å². The van der Waals surface area contributed by atoms with E-state index in [4.69, 9.17) is 19.2 Å². The number of fused-ring (bicyclic) bond motifs is 1. The molecular weight excluding hydrogens is 348 g/mol. The zero-order chi connectivity index (χ0) is 19.2. The minimum absolute atomic E-state index is 0.00303. The lowest BCUT2D eigenvalue weighted by Gasteiger charge is -2.07. The van der Waals surface area contributed by atoms with Gasteiger partial charge in [-0.25, -0.2) is 4.79 Å². The van der Waals surface area contributed by atoms with E-state index in [1.54, 1.807) is 36.4 Å². The quantitative estimate of drug-likeness (QED) is 0.674. The van der Waals surface area contributed by atoms with E-state index in [9.17, 15) is 9.59 Å². The first-order valence-corrected chi connectivity index (χ1v) is 8.09. The number of nitrogens with zero attached hydrogens (tertiary/aromatic N) is 1. The fourth-order valence-corrected chi connectivity index (χ4v) is 2.62. The number of hydrogen-bond donors (Lipinski definition) is 1. The van der Waals surface area contributed by atoms with E-state index in [0.717, 1.165) is 5.39 Å². The molecule has 0 aliphatic heterocycles. The minimum atomic E-state index is -0.762. The largest absolute Gasteiger partial charge is 0.450 e. The number of carbonyl (C=O) groups is 2. The molecule has 1 heterocycles. The molecule has 1 aromatic heterocycles. The van der Waals surface area contributed by atoms with Crippen molar-refractivity contribution in [3.8, 4) is 6.07 Å². The van der Waals surface area contributed by atoms with Crippen molar-refractivity contribution in [3.63, 3.8) is 0 Å². The molecule has 7 nitrogen and oxygen atoms in total. The Labute approximate surface area is 155 Å². The summed E-state index contributed by atoms with van der Waals surface area (Å²) in [5, 5.41) is 12.3. The van der Waals surface area contributed by atoms with Crippen molar-refractivity contribution >= 4 is 28.5 Å². The lowest BCUT2D eigenvalue weighted by Crippen LogP contribution is -2.21. The molecule has 0 fully saturated rings. The number of ether oxygens (including phenoxy) is 2. The maximum absolute atomic E-state index is 12.4. The fourth-order valence-electron chi connectivity index (χ4n) is 2.62. The van der Waals surface area contributed by atoms with Gasteiger partial charge in [0.1, 0.15) is 11.7 Å². The van der Waals surface area contributed by atoms with Crippen LogP contribution in [0.2, 0.25) is 0 Å². The third-order valence-electron chi connectivity index (χ3n) is 3.83. The van der Waals surface area contributed by atoms with Crippen LogP contribution < -0.4 is 5.32 Å². The number of para-hydroxylation sites is 2. The number of esters is 1. The van der Waals surface area contributed by atoms with Crippen molar-refractivity contribution < 1.29 is 23.5 Å². The van der Waals surface area contributed by atoms with Gasteiger partial charge in [0.15, 0.2) is 6.61 Å². The van der Waals surface area contributed by atoms with E-state index in [-0.39, 0.29) is 12.4 Å². The van der Waals surface area contributed by atoms with E-state index >= 15 is 0 Å². The molecule has 136 valence electrons. The Morgan fingerprint density at radius 3 is 2.67 bits per heavy atom. The number of carbonyl (C=O) groups excluding carboxylic acids is 2. The summed E-state index contributed by atoms with van der Waals surface area (Å²) in [7, 11) is 1.51. The summed E-state index contributed by atoms with van der Waals surface area (Å²) in [6.07, 6.45) is 0. The van der Waals surface area contributed by atoms with Crippen molar-refractivity contribution in [1.29, 1.82) is 5.26 Å². The number of anilines is 1. The molecule has 0 saturated heterocycles. The van der Waals surface area contributed by atoms with Crippen LogP contribution in [0, 0.1) is 11.3 Å². The van der Waals surface area contributed by atoms with Crippen LogP contribution in [0.15, 0.2) is 52.9 Å². The molecule has 0 bridgehead atoms. The standard InChI is InChI=1S/C20H16N2O5/c1-25-11-15-14-7-3-5-9-17(14)27-19(15)20(24)26-12-18(23)22-16-8-4-2-6-13(16)10-21/h2-9H,11-12H2,1H3,(H,22,23).